The predicted octanol–water partition coefficient (Wildman–Crippen LogP) is 3.14. The zero-order valence-corrected chi connectivity index (χ0v) is 14.1. The predicted molar refractivity (Wildman–Crippen MR) is 92.7 cm³/mol. The van der Waals surface area contributed by atoms with Gasteiger partial charge in [-0.1, -0.05) is 44.2 Å². The zero-order chi connectivity index (χ0) is 15.9. The van der Waals surface area contributed by atoms with E-state index in [4.69, 9.17) is 0 Å². The van der Waals surface area contributed by atoms with Crippen molar-refractivity contribution in [1.29, 1.82) is 0 Å². The maximum absolute atomic E-state index is 4.20. The summed E-state index contributed by atoms with van der Waals surface area (Å²) in [7, 11) is 4.31. The molecule has 0 spiro atoms. The van der Waals surface area contributed by atoms with Crippen LogP contribution in [0.3, 0.4) is 0 Å². The largest absolute Gasteiger partial charge is 0.311 e. The summed E-state index contributed by atoms with van der Waals surface area (Å²) in [5.41, 5.74) is 3.51. The molecule has 0 saturated heterocycles. The number of likely N-dealkylation sites (N-methyl/N-ethyl adjacent to an activating group) is 1. The van der Waals surface area contributed by atoms with Crippen LogP contribution >= 0.6 is 0 Å². The summed E-state index contributed by atoms with van der Waals surface area (Å²) >= 11 is 0. The number of hydrogen-bond acceptors (Lipinski definition) is 3. The molecule has 2 aromatic rings. The van der Waals surface area contributed by atoms with Crippen LogP contribution in [0.25, 0.3) is 11.3 Å². The SMILES string of the molecule is CC(C)CC(CNCc1cn[nH]c1-c1ccccc1)N(C)C. The quantitative estimate of drug-likeness (QED) is 0.787. The fraction of sp³-hybridized carbons (Fsp3) is 0.500. The molecule has 120 valence electrons. The minimum atomic E-state index is 0.562. The molecule has 1 atom stereocenters. The normalized spacial score (nSPS) is 13.0. The van der Waals surface area contributed by atoms with Crippen molar-refractivity contribution in [3.05, 3.63) is 42.1 Å². The summed E-state index contributed by atoms with van der Waals surface area (Å²) in [6.07, 6.45) is 3.12. The van der Waals surface area contributed by atoms with Crippen LogP contribution in [0.4, 0.5) is 0 Å². The van der Waals surface area contributed by atoms with Crippen molar-refractivity contribution in [1.82, 2.24) is 20.4 Å². The Morgan fingerprint density at radius 2 is 1.91 bits per heavy atom. The number of aromatic nitrogens is 2. The maximum Gasteiger partial charge on any atom is 0.0695 e. The molecular weight excluding hydrogens is 272 g/mol. The molecule has 0 amide bonds. The van der Waals surface area contributed by atoms with Crippen LogP contribution < -0.4 is 5.32 Å². The minimum absolute atomic E-state index is 0.562. The lowest BCUT2D eigenvalue weighted by Gasteiger charge is -2.26. The number of aromatic amines is 1. The van der Waals surface area contributed by atoms with E-state index < -0.39 is 0 Å². The van der Waals surface area contributed by atoms with Gasteiger partial charge in [-0.2, -0.15) is 5.10 Å². The van der Waals surface area contributed by atoms with Crippen LogP contribution in [0.2, 0.25) is 0 Å². The van der Waals surface area contributed by atoms with Gasteiger partial charge in [-0.15, -0.1) is 0 Å². The molecule has 1 aromatic carbocycles. The van der Waals surface area contributed by atoms with Crippen molar-refractivity contribution in [3.8, 4) is 11.3 Å². The highest BCUT2D eigenvalue weighted by molar-refractivity contribution is 5.62. The highest BCUT2D eigenvalue weighted by Crippen LogP contribution is 2.20. The van der Waals surface area contributed by atoms with E-state index in [1.807, 2.05) is 12.3 Å². The van der Waals surface area contributed by atoms with Gasteiger partial charge in [0.15, 0.2) is 0 Å². The molecule has 0 aliphatic rings. The summed E-state index contributed by atoms with van der Waals surface area (Å²) in [5.74, 6) is 0.711. The fourth-order valence-corrected chi connectivity index (χ4v) is 2.69. The fourth-order valence-electron chi connectivity index (χ4n) is 2.69. The molecule has 4 nitrogen and oxygen atoms in total. The summed E-state index contributed by atoms with van der Waals surface area (Å²) in [6, 6.07) is 10.9. The molecular formula is C18H28N4. The highest BCUT2D eigenvalue weighted by Gasteiger charge is 2.13. The lowest BCUT2D eigenvalue weighted by atomic mass is 10.0. The summed E-state index contributed by atoms with van der Waals surface area (Å²) in [5, 5.41) is 10.9. The number of rotatable bonds is 8. The van der Waals surface area contributed by atoms with E-state index in [9.17, 15) is 0 Å². The molecule has 2 rings (SSSR count). The molecule has 22 heavy (non-hydrogen) atoms. The molecule has 0 bridgehead atoms. The highest BCUT2D eigenvalue weighted by atomic mass is 15.1. The lowest BCUT2D eigenvalue weighted by Crippen LogP contribution is -2.38. The standard InChI is InChI=1S/C18H28N4/c1-14(2)10-17(22(3)4)13-19-11-16-12-20-21-18(16)15-8-6-5-7-9-15/h5-9,12,14,17,19H,10-11,13H2,1-4H3,(H,20,21). The third-order valence-corrected chi connectivity index (χ3v) is 3.95. The van der Waals surface area contributed by atoms with Crippen molar-refractivity contribution in [2.24, 2.45) is 5.92 Å². The topological polar surface area (TPSA) is 44.0 Å². The zero-order valence-electron chi connectivity index (χ0n) is 14.1. The second-order valence-electron chi connectivity index (χ2n) is 6.51. The van der Waals surface area contributed by atoms with E-state index >= 15 is 0 Å². The van der Waals surface area contributed by atoms with Crippen molar-refractivity contribution in [3.63, 3.8) is 0 Å². The van der Waals surface area contributed by atoms with Crippen LogP contribution in [0, 0.1) is 5.92 Å². The first kappa shape index (κ1) is 16.7. The van der Waals surface area contributed by atoms with E-state index in [1.54, 1.807) is 0 Å². The third kappa shape index (κ3) is 4.68. The van der Waals surface area contributed by atoms with Gasteiger partial charge < -0.3 is 10.2 Å². The van der Waals surface area contributed by atoms with Crippen LogP contribution in [-0.4, -0.2) is 41.8 Å². The van der Waals surface area contributed by atoms with Crippen LogP contribution in [0.1, 0.15) is 25.8 Å². The molecule has 2 N–H and O–H groups in total. The molecule has 0 aliphatic carbocycles. The smallest absolute Gasteiger partial charge is 0.0695 e. The van der Waals surface area contributed by atoms with E-state index in [-0.39, 0.29) is 0 Å². The number of nitrogens with one attached hydrogen (secondary N) is 2. The molecule has 1 unspecified atom stereocenters. The van der Waals surface area contributed by atoms with Gasteiger partial charge in [0.25, 0.3) is 0 Å². The Morgan fingerprint density at radius 1 is 1.18 bits per heavy atom. The number of benzene rings is 1. The molecule has 1 heterocycles. The maximum atomic E-state index is 4.20. The first-order valence-electron chi connectivity index (χ1n) is 8.02. The number of H-pyrrole nitrogens is 1. The Morgan fingerprint density at radius 3 is 2.55 bits per heavy atom. The summed E-state index contributed by atoms with van der Waals surface area (Å²) < 4.78 is 0. The van der Waals surface area contributed by atoms with Crippen molar-refractivity contribution < 1.29 is 0 Å². The average molecular weight is 300 g/mol. The van der Waals surface area contributed by atoms with Crippen LogP contribution in [0.15, 0.2) is 36.5 Å². The average Bonchev–Trinajstić information content (AvgIpc) is 2.95. The van der Waals surface area contributed by atoms with Gasteiger partial charge in [-0.3, -0.25) is 5.10 Å². The Bertz CT molecular complexity index is 545. The Labute approximate surface area is 133 Å². The molecule has 4 heteroatoms. The van der Waals surface area contributed by atoms with Gasteiger partial charge >= 0.3 is 0 Å². The third-order valence-electron chi connectivity index (χ3n) is 3.95. The number of nitrogens with zero attached hydrogens (tertiary/aromatic N) is 2. The first-order chi connectivity index (χ1) is 10.6. The summed E-state index contributed by atoms with van der Waals surface area (Å²) in [6.45, 7) is 6.38. The van der Waals surface area contributed by atoms with Crippen LogP contribution in [-0.2, 0) is 6.54 Å². The lowest BCUT2D eigenvalue weighted by molar-refractivity contribution is 0.247. The molecule has 0 radical (unpaired) electrons. The molecule has 0 fully saturated rings. The van der Waals surface area contributed by atoms with Gasteiger partial charge in [-0.25, -0.2) is 0 Å². The van der Waals surface area contributed by atoms with Gasteiger partial charge in [0.2, 0.25) is 0 Å². The van der Waals surface area contributed by atoms with E-state index in [0.29, 0.717) is 12.0 Å². The Balaban J connectivity index is 1.94. The van der Waals surface area contributed by atoms with Gasteiger partial charge in [0.05, 0.1) is 11.9 Å². The number of hydrogen-bond donors (Lipinski definition) is 2. The van der Waals surface area contributed by atoms with Crippen molar-refractivity contribution in [2.75, 3.05) is 20.6 Å². The minimum Gasteiger partial charge on any atom is -0.311 e. The van der Waals surface area contributed by atoms with Crippen LogP contribution in [0.5, 0.6) is 0 Å². The van der Waals surface area contributed by atoms with Crippen molar-refractivity contribution in [2.45, 2.75) is 32.9 Å². The second-order valence-corrected chi connectivity index (χ2v) is 6.51. The summed E-state index contributed by atoms with van der Waals surface area (Å²) in [4.78, 5) is 2.31. The van der Waals surface area contributed by atoms with Gasteiger partial charge in [-0.05, 0) is 32.0 Å². The first-order valence-corrected chi connectivity index (χ1v) is 8.02. The van der Waals surface area contributed by atoms with Gasteiger partial charge in [0, 0.05) is 24.7 Å². The monoisotopic (exact) mass is 300 g/mol. The Kier molecular flexibility index (Phi) is 6.16. The molecule has 1 aromatic heterocycles. The van der Waals surface area contributed by atoms with E-state index in [2.05, 4.69) is 72.6 Å². The van der Waals surface area contributed by atoms with Crippen molar-refractivity contribution >= 4 is 0 Å². The molecule has 0 aliphatic heterocycles. The molecule has 0 saturated carbocycles. The van der Waals surface area contributed by atoms with E-state index in [1.165, 1.54) is 17.5 Å². The van der Waals surface area contributed by atoms with E-state index in [0.717, 1.165) is 18.8 Å². The second kappa shape index (κ2) is 8.11. The van der Waals surface area contributed by atoms with Gasteiger partial charge in [0.1, 0.15) is 0 Å². The Hall–Kier alpha value is -1.65.